The molecule has 0 bridgehead atoms. The minimum atomic E-state index is -0.515. The minimum Gasteiger partial charge on any atom is -0.455 e. The molecule has 0 saturated carbocycles. The highest BCUT2D eigenvalue weighted by atomic mass is 16.5. The van der Waals surface area contributed by atoms with Gasteiger partial charge in [-0.05, 0) is 38.1 Å². The van der Waals surface area contributed by atoms with Crippen LogP contribution in [0.1, 0.15) is 24.2 Å². The van der Waals surface area contributed by atoms with E-state index in [2.05, 4.69) is 10.6 Å². The van der Waals surface area contributed by atoms with Crippen LogP contribution in [0.15, 0.2) is 36.4 Å². The molecule has 0 fully saturated rings. The van der Waals surface area contributed by atoms with Crippen molar-refractivity contribution >= 4 is 23.0 Å². The first kappa shape index (κ1) is 16.0. The quantitative estimate of drug-likeness (QED) is 0.756. The number of carbonyl (C=O) groups is 1. The summed E-state index contributed by atoms with van der Waals surface area (Å²) in [6, 6.07) is 11.1. The Morgan fingerprint density at radius 2 is 1.88 bits per heavy atom. The topological polar surface area (TPSA) is 79.6 Å². The van der Waals surface area contributed by atoms with Gasteiger partial charge in [0.1, 0.15) is 11.4 Å². The van der Waals surface area contributed by atoms with Gasteiger partial charge in [-0.25, -0.2) is 0 Å². The van der Waals surface area contributed by atoms with Crippen molar-refractivity contribution in [2.45, 2.75) is 19.5 Å². The second-order valence-corrected chi connectivity index (χ2v) is 6.63. The summed E-state index contributed by atoms with van der Waals surface area (Å²) in [6.07, 6.45) is 0. The SMILES string of the molecule is CN(C)c1cccc(Oc2cc3c(cc2N)NC(C)(C)NC3=O)c1. The molecule has 0 unspecified atom stereocenters. The maximum absolute atomic E-state index is 12.3. The Labute approximate surface area is 141 Å². The van der Waals surface area contributed by atoms with Crippen molar-refractivity contribution in [1.29, 1.82) is 0 Å². The standard InChI is InChI=1S/C18H22N4O2/c1-18(2)20-15-10-14(19)16(9-13(15)17(23)21-18)24-12-7-5-6-11(8-12)22(3)4/h5-10,20H,19H2,1-4H3,(H,21,23). The van der Waals surface area contributed by atoms with Crippen LogP contribution in [0.2, 0.25) is 0 Å². The Kier molecular flexibility index (Phi) is 3.75. The van der Waals surface area contributed by atoms with E-state index >= 15 is 0 Å². The fourth-order valence-electron chi connectivity index (χ4n) is 2.65. The van der Waals surface area contributed by atoms with Crippen molar-refractivity contribution in [3.63, 3.8) is 0 Å². The number of anilines is 3. The van der Waals surface area contributed by atoms with Gasteiger partial charge in [-0.3, -0.25) is 4.79 Å². The van der Waals surface area contributed by atoms with Crippen LogP contribution >= 0.6 is 0 Å². The Balaban J connectivity index is 1.94. The van der Waals surface area contributed by atoms with Crippen molar-refractivity contribution in [3.8, 4) is 11.5 Å². The van der Waals surface area contributed by atoms with Gasteiger partial charge >= 0.3 is 0 Å². The van der Waals surface area contributed by atoms with Crippen molar-refractivity contribution in [1.82, 2.24) is 5.32 Å². The summed E-state index contributed by atoms with van der Waals surface area (Å²) in [5.74, 6) is 0.972. The molecule has 0 saturated heterocycles. The van der Waals surface area contributed by atoms with Crippen LogP contribution in [0.3, 0.4) is 0 Å². The number of nitrogen functional groups attached to an aromatic ring is 1. The van der Waals surface area contributed by atoms with Gasteiger partial charge in [0.15, 0.2) is 5.75 Å². The Morgan fingerprint density at radius 3 is 2.58 bits per heavy atom. The summed E-state index contributed by atoms with van der Waals surface area (Å²) in [4.78, 5) is 14.3. The number of carbonyl (C=O) groups excluding carboxylic acids is 1. The second-order valence-electron chi connectivity index (χ2n) is 6.63. The summed E-state index contributed by atoms with van der Waals surface area (Å²) >= 11 is 0. The third-order valence-electron chi connectivity index (χ3n) is 3.83. The van der Waals surface area contributed by atoms with Crippen LogP contribution in [-0.4, -0.2) is 25.7 Å². The van der Waals surface area contributed by atoms with Gasteiger partial charge in [-0.1, -0.05) is 6.07 Å². The highest BCUT2D eigenvalue weighted by molar-refractivity contribution is 6.03. The summed E-state index contributed by atoms with van der Waals surface area (Å²) in [7, 11) is 3.92. The zero-order chi connectivity index (χ0) is 17.5. The normalized spacial score (nSPS) is 15.1. The smallest absolute Gasteiger partial charge is 0.255 e. The number of nitrogens with zero attached hydrogens (tertiary/aromatic N) is 1. The lowest BCUT2D eigenvalue weighted by Crippen LogP contribution is -2.53. The van der Waals surface area contributed by atoms with Crippen molar-refractivity contribution < 1.29 is 9.53 Å². The molecule has 0 atom stereocenters. The third kappa shape index (κ3) is 3.08. The minimum absolute atomic E-state index is 0.152. The summed E-state index contributed by atoms with van der Waals surface area (Å²) in [5, 5.41) is 6.14. The van der Waals surface area contributed by atoms with E-state index in [-0.39, 0.29) is 5.91 Å². The van der Waals surface area contributed by atoms with Gasteiger partial charge in [-0.2, -0.15) is 0 Å². The van der Waals surface area contributed by atoms with Crippen molar-refractivity contribution in [3.05, 3.63) is 42.0 Å². The number of nitrogens with two attached hydrogens (primary N) is 1. The maximum atomic E-state index is 12.3. The van der Waals surface area contributed by atoms with Gasteiger partial charge in [0.25, 0.3) is 5.91 Å². The zero-order valence-corrected chi connectivity index (χ0v) is 14.3. The molecule has 1 amide bonds. The van der Waals surface area contributed by atoms with Crippen molar-refractivity contribution in [2.24, 2.45) is 0 Å². The number of amides is 1. The molecule has 1 aliphatic heterocycles. The number of hydrogen-bond acceptors (Lipinski definition) is 5. The molecule has 1 aliphatic rings. The van der Waals surface area contributed by atoms with E-state index in [1.165, 1.54) is 0 Å². The molecule has 0 aliphatic carbocycles. The van der Waals surface area contributed by atoms with Crippen LogP contribution in [0.5, 0.6) is 11.5 Å². The molecular weight excluding hydrogens is 304 g/mol. The average Bonchev–Trinajstić information content (AvgIpc) is 2.48. The predicted molar refractivity (Wildman–Crippen MR) is 96.9 cm³/mol. The van der Waals surface area contributed by atoms with Crippen LogP contribution in [0.4, 0.5) is 17.1 Å². The molecule has 2 aromatic carbocycles. The number of hydrogen-bond donors (Lipinski definition) is 3. The molecule has 0 spiro atoms. The maximum Gasteiger partial charge on any atom is 0.255 e. The van der Waals surface area contributed by atoms with Crippen LogP contribution in [-0.2, 0) is 0 Å². The largest absolute Gasteiger partial charge is 0.455 e. The number of rotatable bonds is 3. The number of ether oxygens (including phenoxy) is 1. The van der Waals surface area contributed by atoms with Gasteiger partial charge in [0, 0.05) is 25.8 Å². The van der Waals surface area contributed by atoms with E-state index < -0.39 is 5.66 Å². The molecule has 2 aromatic rings. The molecule has 1 heterocycles. The first-order valence-corrected chi connectivity index (χ1v) is 7.75. The number of nitrogens with one attached hydrogen (secondary N) is 2. The number of benzene rings is 2. The molecule has 4 N–H and O–H groups in total. The van der Waals surface area contributed by atoms with Crippen LogP contribution in [0, 0.1) is 0 Å². The highest BCUT2D eigenvalue weighted by Crippen LogP contribution is 2.36. The molecule has 0 radical (unpaired) electrons. The zero-order valence-electron chi connectivity index (χ0n) is 14.3. The Bertz CT molecular complexity index is 800. The lowest BCUT2D eigenvalue weighted by atomic mass is 10.0. The third-order valence-corrected chi connectivity index (χ3v) is 3.83. The monoisotopic (exact) mass is 326 g/mol. The van der Waals surface area contributed by atoms with E-state index in [0.717, 1.165) is 5.69 Å². The highest BCUT2D eigenvalue weighted by Gasteiger charge is 2.30. The molecule has 6 heteroatoms. The van der Waals surface area contributed by atoms with Gasteiger partial charge in [0.05, 0.1) is 16.9 Å². The summed E-state index contributed by atoms with van der Waals surface area (Å²) < 4.78 is 5.91. The first-order chi connectivity index (χ1) is 11.2. The lowest BCUT2D eigenvalue weighted by molar-refractivity contribution is 0.0914. The summed E-state index contributed by atoms with van der Waals surface area (Å²) in [6.45, 7) is 3.78. The fraction of sp³-hybridized carbons (Fsp3) is 0.278. The van der Waals surface area contributed by atoms with E-state index in [1.54, 1.807) is 12.1 Å². The van der Waals surface area contributed by atoms with E-state index in [0.29, 0.717) is 28.4 Å². The van der Waals surface area contributed by atoms with Crippen LogP contribution < -0.4 is 26.0 Å². The van der Waals surface area contributed by atoms with E-state index in [9.17, 15) is 4.79 Å². The van der Waals surface area contributed by atoms with Gasteiger partial charge in [-0.15, -0.1) is 0 Å². The molecule has 3 rings (SSSR count). The van der Waals surface area contributed by atoms with E-state index in [4.69, 9.17) is 10.5 Å². The van der Waals surface area contributed by atoms with Crippen LogP contribution in [0.25, 0.3) is 0 Å². The lowest BCUT2D eigenvalue weighted by Gasteiger charge is -2.34. The molecular formula is C18H22N4O2. The fourth-order valence-corrected chi connectivity index (χ4v) is 2.65. The van der Waals surface area contributed by atoms with Crippen molar-refractivity contribution in [2.75, 3.05) is 30.0 Å². The molecule has 126 valence electrons. The van der Waals surface area contributed by atoms with Gasteiger partial charge in [0.2, 0.25) is 0 Å². The predicted octanol–water partition coefficient (Wildman–Crippen LogP) is 3.02. The second kappa shape index (κ2) is 5.63. The van der Waals surface area contributed by atoms with E-state index in [1.807, 2.05) is 57.1 Å². The molecule has 6 nitrogen and oxygen atoms in total. The molecule has 0 aromatic heterocycles. The first-order valence-electron chi connectivity index (χ1n) is 7.75. The van der Waals surface area contributed by atoms with Gasteiger partial charge < -0.3 is 26.0 Å². The average molecular weight is 326 g/mol. The Hall–Kier alpha value is -2.89. The molecule has 24 heavy (non-hydrogen) atoms. The number of fused-ring (bicyclic) bond motifs is 1. The summed E-state index contributed by atoms with van der Waals surface area (Å²) in [5.41, 5.74) is 8.32. The Morgan fingerprint density at radius 1 is 1.12 bits per heavy atom.